The number of nitrogens with one attached hydrogen (secondary N) is 2. The van der Waals surface area contributed by atoms with E-state index in [1.807, 2.05) is 0 Å². The largest absolute Gasteiger partial charge is 0.480 e. The third-order valence-corrected chi connectivity index (χ3v) is 3.75. The Morgan fingerprint density at radius 3 is 2.32 bits per heavy atom. The van der Waals surface area contributed by atoms with E-state index in [2.05, 4.69) is 10.6 Å². The van der Waals surface area contributed by atoms with Crippen molar-refractivity contribution in [2.75, 3.05) is 11.9 Å². The lowest BCUT2D eigenvalue weighted by molar-refractivity contribution is -0.137. The molecule has 3 N–H and O–H groups in total. The summed E-state index contributed by atoms with van der Waals surface area (Å²) in [4.78, 5) is 33.9. The first-order valence-electron chi connectivity index (χ1n) is 7.43. The van der Waals surface area contributed by atoms with Gasteiger partial charge in [0, 0.05) is 11.6 Å². The van der Waals surface area contributed by atoms with E-state index in [1.54, 1.807) is 24.3 Å². The summed E-state index contributed by atoms with van der Waals surface area (Å²) in [5, 5.41) is 13.7. The van der Waals surface area contributed by atoms with E-state index in [1.165, 1.54) is 0 Å². The summed E-state index contributed by atoms with van der Waals surface area (Å²) >= 11 is 0. The van der Waals surface area contributed by atoms with E-state index in [4.69, 9.17) is 5.11 Å². The topological polar surface area (TPSA) is 95.5 Å². The Kier molecular flexibility index (Phi) is 5.52. The van der Waals surface area contributed by atoms with E-state index >= 15 is 0 Å². The van der Waals surface area contributed by atoms with Gasteiger partial charge >= 0.3 is 5.97 Å². The summed E-state index contributed by atoms with van der Waals surface area (Å²) in [7, 11) is 0. The monoisotopic (exact) mass is 304 g/mol. The molecule has 6 heteroatoms. The Labute approximate surface area is 128 Å². The molecule has 22 heavy (non-hydrogen) atoms. The number of hydrogen-bond acceptors (Lipinski definition) is 3. The van der Waals surface area contributed by atoms with Gasteiger partial charge in [-0.25, -0.2) is 0 Å². The highest BCUT2D eigenvalue weighted by molar-refractivity contribution is 5.92. The van der Waals surface area contributed by atoms with Gasteiger partial charge in [0.15, 0.2) is 0 Å². The van der Waals surface area contributed by atoms with Crippen molar-refractivity contribution in [2.45, 2.75) is 32.1 Å². The number of carboxylic acid groups (broad SMARTS) is 1. The van der Waals surface area contributed by atoms with Crippen molar-refractivity contribution in [3.8, 4) is 0 Å². The van der Waals surface area contributed by atoms with E-state index < -0.39 is 5.97 Å². The predicted molar refractivity (Wildman–Crippen MR) is 81.4 cm³/mol. The molecule has 0 atom stereocenters. The zero-order valence-corrected chi connectivity index (χ0v) is 12.3. The van der Waals surface area contributed by atoms with Gasteiger partial charge in [0.2, 0.25) is 11.8 Å². The van der Waals surface area contributed by atoms with Gasteiger partial charge < -0.3 is 15.7 Å². The number of rotatable bonds is 6. The SMILES string of the molecule is O=C(O)CNC(=O)Cc1ccc(NC(=O)C2CCCC2)cc1. The highest BCUT2D eigenvalue weighted by Crippen LogP contribution is 2.26. The number of anilines is 1. The smallest absolute Gasteiger partial charge is 0.322 e. The second kappa shape index (κ2) is 7.59. The van der Waals surface area contributed by atoms with Crippen LogP contribution in [0.5, 0.6) is 0 Å². The Balaban J connectivity index is 1.83. The number of benzene rings is 1. The molecule has 1 aromatic rings. The normalized spacial score (nSPS) is 14.5. The summed E-state index contributed by atoms with van der Waals surface area (Å²) in [5.41, 5.74) is 1.48. The fraction of sp³-hybridized carbons (Fsp3) is 0.438. The van der Waals surface area contributed by atoms with Crippen LogP contribution in [0, 0.1) is 5.92 Å². The van der Waals surface area contributed by atoms with Crippen molar-refractivity contribution >= 4 is 23.5 Å². The van der Waals surface area contributed by atoms with Crippen molar-refractivity contribution in [3.63, 3.8) is 0 Å². The first-order chi connectivity index (χ1) is 10.5. The van der Waals surface area contributed by atoms with Gasteiger partial charge in [0.05, 0.1) is 6.42 Å². The minimum atomic E-state index is -1.07. The number of aliphatic carboxylic acids is 1. The van der Waals surface area contributed by atoms with Crippen molar-refractivity contribution in [1.29, 1.82) is 0 Å². The van der Waals surface area contributed by atoms with E-state index in [9.17, 15) is 14.4 Å². The number of amides is 2. The van der Waals surface area contributed by atoms with Gasteiger partial charge in [-0.15, -0.1) is 0 Å². The van der Waals surface area contributed by atoms with Crippen LogP contribution in [0.4, 0.5) is 5.69 Å². The van der Waals surface area contributed by atoms with Crippen LogP contribution < -0.4 is 10.6 Å². The summed E-state index contributed by atoms with van der Waals surface area (Å²) < 4.78 is 0. The zero-order chi connectivity index (χ0) is 15.9. The Morgan fingerprint density at radius 1 is 1.09 bits per heavy atom. The molecular weight excluding hydrogens is 284 g/mol. The van der Waals surface area contributed by atoms with E-state index in [0.717, 1.165) is 31.2 Å². The lowest BCUT2D eigenvalue weighted by atomic mass is 10.1. The quantitative estimate of drug-likeness (QED) is 0.743. The van der Waals surface area contributed by atoms with Gasteiger partial charge in [-0.1, -0.05) is 25.0 Å². The van der Waals surface area contributed by atoms with Crippen LogP contribution >= 0.6 is 0 Å². The molecule has 0 unspecified atom stereocenters. The number of carbonyl (C=O) groups is 3. The van der Waals surface area contributed by atoms with Gasteiger partial charge in [-0.2, -0.15) is 0 Å². The second-order valence-corrected chi connectivity index (χ2v) is 5.51. The Hall–Kier alpha value is -2.37. The van der Waals surface area contributed by atoms with E-state index in [0.29, 0.717) is 5.69 Å². The molecule has 118 valence electrons. The summed E-state index contributed by atoms with van der Waals surface area (Å²) in [5.74, 6) is -1.24. The van der Waals surface area contributed by atoms with Crippen LogP contribution in [0.25, 0.3) is 0 Å². The zero-order valence-electron chi connectivity index (χ0n) is 12.3. The number of hydrogen-bond donors (Lipinski definition) is 3. The molecule has 0 radical (unpaired) electrons. The minimum absolute atomic E-state index is 0.0597. The highest BCUT2D eigenvalue weighted by Gasteiger charge is 2.22. The van der Waals surface area contributed by atoms with Crippen molar-refractivity contribution in [1.82, 2.24) is 5.32 Å². The standard InChI is InChI=1S/C16H20N2O4/c19-14(17-10-15(20)21)9-11-5-7-13(8-6-11)18-16(22)12-3-1-2-4-12/h5-8,12H,1-4,9-10H2,(H,17,19)(H,18,22)(H,20,21). The van der Waals surface area contributed by atoms with Gasteiger partial charge in [-0.3, -0.25) is 14.4 Å². The van der Waals surface area contributed by atoms with Gasteiger partial charge in [-0.05, 0) is 30.5 Å². The van der Waals surface area contributed by atoms with Crippen LogP contribution in [-0.4, -0.2) is 29.4 Å². The molecule has 0 saturated heterocycles. The fourth-order valence-corrected chi connectivity index (χ4v) is 2.56. The third-order valence-electron chi connectivity index (χ3n) is 3.75. The van der Waals surface area contributed by atoms with Crippen molar-refractivity contribution in [2.24, 2.45) is 5.92 Å². The van der Waals surface area contributed by atoms with Crippen LogP contribution in [0.2, 0.25) is 0 Å². The molecular formula is C16H20N2O4. The molecule has 1 fully saturated rings. The van der Waals surface area contributed by atoms with E-state index in [-0.39, 0.29) is 30.7 Å². The van der Waals surface area contributed by atoms with Crippen LogP contribution in [0.15, 0.2) is 24.3 Å². The lowest BCUT2D eigenvalue weighted by Crippen LogP contribution is -2.30. The first kappa shape index (κ1) is 16.0. The van der Waals surface area contributed by atoms with Crippen LogP contribution in [-0.2, 0) is 20.8 Å². The molecule has 1 aromatic carbocycles. The molecule has 0 aromatic heterocycles. The summed E-state index contributed by atoms with van der Waals surface area (Å²) in [6.07, 6.45) is 4.25. The maximum Gasteiger partial charge on any atom is 0.322 e. The first-order valence-corrected chi connectivity index (χ1v) is 7.43. The molecule has 1 saturated carbocycles. The molecule has 0 spiro atoms. The molecule has 1 aliphatic carbocycles. The predicted octanol–water partition coefficient (Wildman–Crippen LogP) is 1.56. The fourth-order valence-electron chi connectivity index (χ4n) is 2.56. The average molecular weight is 304 g/mol. The molecule has 1 aliphatic rings. The molecule has 0 heterocycles. The minimum Gasteiger partial charge on any atom is -0.480 e. The molecule has 2 amide bonds. The number of carbonyl (C=O) groups excluding carboxylic acids is 2. The Morgan fingerprint density at radius 2 is 1.73 bits per heavy atom. The summed E-state index contributed by atoms with van der Waals surface area (Å²) in [6.45, 7) is -0.381. The van der Waals surface area contributed by atoms with Crippen molar-refractivity contribution in [3.05, 3.63) is 29.8 Å². The van der Waals surface area contributed by atoms with Crippen LogP contribution in [0.3, 0.4) is 0 Å². The Bertz CT molecular complexity index is 548. The van der Waals surface area contributed by atoms with Gasteiger partial charge in [0.1, 0.15) is 6.54 Å². The highest BCUT2D eigenvalue weighted by atomic mass is 16.4. The molecule has 2 rings (SSSR count). The molecule has 6 nitrogen and oxygen atoms in total. The lowest BCUT2D eigenvalue weighted by Gasteiger charge is -2.10. The molecule has 0 aliphatic heterocycles. The number of carboxylic acids is 1. The maximum absolute atomic E-state index is 12.0. The third kappa shape index (κ3) is 4.87. The molecule has 0 bridgehead atoms. The average Bonchev–Trinajstić information content (AvgIpc) is 3.01. The van der Waals surface area contributed by atoms with Crippen molar-refractivity contribution < 1.29 is 19.5 Å². The second-order valence-electron chi connectivity index (χ2n) is 5.51. The van der Waals surface area contributed by atoms with Crippen LogP contribution in [0.1, 0.15) is 31.2 Å². The van der Waals surface area contributed by atoms with Gasteiger partial charge in [0.25, 0.3) is 0 Å². The maximum atomic E-state index is 12.0. The summed E-state index contributed by atoms with van der Waals surface area (Å²) in [6, 6.07) is 7.02.